The number of halogens is 1. The van der Waals surface area contributed by atoms with Gasteiger partial charge in [0.15, 0.2) is 0 Å². The monoisotopic (exact) mass is 205 g/mol. The van der Waals surface area contributed by atoms with Gasteiger partial charge in [0.2, 0.25) is 0 Å². The summed E-state index contributed by atoms with van der Waals surface area (Å²) in [6.45, 7) is 2.68. The average Bonchev–Trinajstić information content (AvgIpc) is 2.08. The SMILES string of the molecule is Cc1c(F)cccc1C12CC(CN)(C1)C2. The summed E-state index contributed by atoms with van der Waals surface area (Å²) in [5.41, 5.74) is 8.49. The van der Waals surface area contributed by atoms with E-state index in [9.17, 15) is 4.39 Å². The Hall–Kier alpha value is -0.890. The molecule has 3 saturated carbocycles. The Morgan fingerprint density at radius 3 is 2.60 bits per heavy atom. The zero-order chi connectivity index (χ0) is 10.7. The molecule has 0 unspecified atom stereocenters. The highest BCUT2D eigenvalue weighted by atomic mass is 19.1. The summed E-state index contributed by atoms with van der Waals surface area (Å²) < 4.78 is 13.4. The summed E-state index contributed by atoms with van der Waals surface area (Å²) in [4.78, 5) is 0. The normalized spacial score (nSPS) is 37.0. The second-order valence-electron chi connectivity index (χ2n) is 5.43. The first kappa shape index (κ1) is 9.34. The van der Waals surface area contributed by atoms with Crippen molar-refractivity contribution in [3.8, 4) is 0 Å². The van der Waals surface area contributed by atoms with Crippen LogP contribution < -0.4 is 5.73 Å². The number of hydrogen-bond acceptors (Lipinski definition) is 1. The van der Waals surface area contributed by atoms with Crippen molar-refractivity contribution >= 4 is 0 Å². The van der Waals surface area contributed by atoms with E-state index in [2.05, 4.69) is 6.07 Å². The standard InChI is InChI=1S/C13H16FN/c1-9-10(3-2-4-11(9)14)13-5-12(6-13,7-13)8-15/h2-4H,5-8,15H2,1H3. The molecular weight excluding hydrogens is 189 g/mol. The van der Waals surface area contributed by atoms with Gasteiger partial charge in [-0.3, -0.25) is 0 Å². The molecule has 3 aliphatic carbocycles. The molecule has 0 heterocycles. The third kappa shape index (κ3) is 1.01. The van der Waals surface area contributed by atoms with Crippen molar-refractivity contribution in [2.45, 2.75) is 31.6 Å². The van der Waals surface area contributed by atoms with E-state index in [4.69, 9.17) is 5.73 Å². The molecule has 2 bridgehead atoms. The van der Waals surface area contributed by atoms with E-state index in [0.29, 0.717) is 5.41 Å². The van der Waals surface area contributed by atoms with Crippen LogP contribution in [0.2, 0.25) is 0 Å². The molecule has 3 fully saturated rings. The molecule has 1 nitrogen and oxygen atoms in total. The topological polar surface area (TPSA) is 26.0 Å². The maximum atomic E-state index is 13.4. The van der Waals surface area contributed by atoms with E-state index < -0.39 is 0 Å². The highest BCUT2D eigenvalue weighted by Gasteiger charge is 2.67. The van der Waals surface area contributed by atoms with Crippen LogP contribution in [0.5, 0.6) is 0 Å². The number of benzene rings is 1. The Bertz CT molecular complexity index is 405. The molecule has 0 aromatic heterocycles. The van der Waals surface area contributed by atoms with Crippen molar-refractivity contribution < 1.29 is 4.39 Å². The second-order valence-corrected chi connectivity index (χ2v) is 5.43. The van der Waals surface area contributed by atoms with Gasteiger partial charge in [-0.2, -0.15) is 0 Å². The molecule has 0 atom stereocenters. The van der Waals surface area contributed by atoms with Gasteiger partial charge in [0.05, 0.1) is 0 Å². The smallest absolute Gasteiger partial charge is 0.126 e. The first-order valence-corrected chi connectivity index (χ1v) is 5.57. The summed E-state index contributed by atoms with van der Waals surface area (Å²) in [6, 6.07) is 5.45. The van der Waals surface area contributed by atoms with Crippen LogP contribution in [-0.4, -0.2) is 6.54 Å². The summed E-state index contributed by atoms with van der Waals surface area (Å²) in [5.74, 6) is -0.0703. The summed E-state index contributed by atoms with van der Waals surface area (Å²) in [5, 5.41) is 0. The fraction of sp³-hybridized carbons (Fsp3) is 0.538. The zero-order valence-corrected chi connectivity index (χ0v) is 9.02. The van der Waals surface area contributed by atoms with Crippen molar-refractivity contribution in [1.29, 1.82) is 0 Å². The Balaban J connectivity index is 1.94. The molecule has 80 valence electrons. The third-order valence-electron chi connectivity index (χ3n) is 4.41. The van der Waals surface area contributed by atoms with Crippen LogP contribution in [0.1, 0.15) is 30.4 Å². The molecule has 3 aliphatic rings. The van der Waals surface area contributed by atoms with Crippen molar-refractivity contribution in [2.75, 3.05) is 6.54 Å². The first-order valence-electron chi connectivity index (χ1n) is 5.57. The van der Waals surface area contributed by atoms with E-state index in [1.807, 2.05) is 13.0 Å². The minimum absolute atomic E-state index is 0.0703. The zero-order valence-electron chi connectivity index (χ0n) is 9.02. The van der Waals surface area contributed by atoms with E-state index in [1.54, 1.807) is 6.07 Å². The molecule has 0 amide bonds. The van der Waals surface area contributed by atoms with Crippen LogP contribution in [0.15, 0.2) is 18.2 Å². The molecule has 0 spiro atoms. The first-order chi connectivity index (χ1) is 7.11. The molecule has 1 aromatic carbocycles. The molecule has 0 saturated heterocycles. The van der Waals surface area contributed by atoms with Gasteiger partial charge in [-0.1, -0.05) is 12.1 Å². The van der Waals surface area contributed by atoms with Crippen molar-refractivity contribution in [2.24, 2.45) is 11.1 Å². The Morgan fingerprint density at radius 1 is 1.33 bits per heavy atom. The predicted molar refractivity (Wildman–Crippen MR) is 58.2 cm³/mol. The largest absolute Gasteiger partial charge is 0.330 e. The van der Waals surface area contributed by atoms with Gasteiger partial charge in [0.1, 0.15) is 5.82 Å². The second kappa shape index (κ2) is 2.62. The van der Waals surface area contributed by atoms with Crippen molar-refractivity contribution in [3.05, 3.63) is 35.1 Å². The fourth-order valence-corrected chi connectivity index (χ4v) is 3.68. The highest BCUT2D eigenvalue weighted by Crippen LogP contribution is 2.73. The lowest BCUT2D eigenvalue weighted by molar-refractivity contribution is -0.133. The predicted octanol–water partition coefficient (Wildman–Crippen LogP) is 2.51. The molecule has 0 aliphatic heterocycles. The van der Waals surface area contributed by atoms with Gasteiger partial charge < -0.3 is 5.73 Å². The molecular formula is C13H16FN. The van der Waals surface area contributed by atoms with E-state index >= 15 is 0 Å². The van der Waals surface area contributed by atoms with Gasteiger partial charge in [-0.25, -0.2) is 4.39 Å². The molecule has 4 rings (SSSR count). The van der Waals surface area contributed by atoms with Crippen molar-refractivity contribution in [3.63, 3.8) is 0 Å². The van der Waals surface area contributed by atoms with Crippen LogP contribution in [0, 0.1) is 18.2 Å². The molecule has 2 N–H and O–H groups in total. The van der Waals surface area contributed by atoms with Crippen molar-refractivity contribution in [1.82, 2.24) is 0 Å². The molecule has 0 radical (unpaired) electrons. The van der Waals surface area contributed by atoms with E-state index in [1.165, 1.54) is 24.8 Å². The van der Waals surface area contributed by atoms with Gasteiger partial charge in [-0.05, 0) is 60.8 Å². The molecule has 15 heavy (non-hydrogen) atoms. The lowest BCUT2D eigenvalue weighted by Crippen LogP contribution is -2.67. The van der Waals surface area contributed by atoms with Crippen LogP contribution in [0.4, 0.5) is 4.39 Å². The van der Waals surface area contributed by atoms with Gasteiger partial charge in [0, 0.05) is 0 Å². The number of rotatable bonds is 2. The average molecular weight is 205 g/mol. The summed E-state index contributed by atoms with van der Waals surface area (Å²) in [6.07, 6.45) is 3.50. The molecule has 1 aromatic rings. The van der Waals surface area contributed by atoms with Gasteiger partial charge >= 0.3 is 0 Å². The van der Waals surface area contributed by atoms with E-state index in [-0.39, 0.29) is 11.2 Å². The lowest BCUT2D eigenvalue weighted by Gasteiger charge is -2.71. The Kier molecular flexibility index (Phi) is 1.63. The van der Waals surface area contributed by atoms with E-state index in [0.717, 1.165) is 12.1 Å². The summed E-state index contributed by atoms with van der Waals surface area (Å²) in [7, 11) is 0. The lowest BCUT2D eigenvalue weighted by atomic mass is 9.33. The van der Waals surface area contributed by atoms with Crippen LogP contribution in [-0.2, 0) is 5.41 Å². The number of hydrogen-bond donors (Lipinski definition) is 1. The van der Waals surface area contributed by atoms with Gasteiger partial charge in [-0.15, -0.1) is 0 Å². The van der Waals surface area contributed by atoms with Crippen LogP contribution in [0.3, 0.4) is 0 Å². The Labute approximate surface area is 89.5 Å². The summed E-state index contributed by atoms with van der Waals surface area (Å²) >= 11 is 0. The quantitative estimate of drug-likeness (QED) is 0.788. The van der Waals surface area contributed by atoms with Gasteiger partial charge in [0.25, 0.3) is 0 Å². The highest BCUT2D eigenvalue weighted by molar-refractivity contribution is 5.43. The van der Waals surface area contributed by atoms with Crippen LogP contribution in [0.25, 0.3) is 0 Å². The number of nitrogens with two attached hydrogens (primary N) is 1. The molecule has 2 heteroatoms. The third-order valence-corrected chi connectivity index (χ3v) is 4.41. The maximum absolute atomic E-state index is 13.4. The maximum Gasteiger partial charge on any atom is 0.126 e. The minimum Gasteiger partial charge on any atom is -0.330 e. The Morgan fingerprint density at radius 2 is 2.00 bits per heavy atom. The fourth-order valence-electron chi connectivity index (χ4n) is 3.68. The van der Waals surface area contributed by atoms with Crippen LogP contribution >= 0.6 is 0 Å². The minimum atomic E-state index is -0.0703.